The Hall–Kier alpha value is -0.840. The average molecular weight is 290 g/mol. The zero-order valence-electron chi connectivity index (χ0n) is 13.3. The van der Waals surface area contributed by atoms with E-state index in [0.717, 1.165) is 19.5 Å². The van der Waals surface area contributed by atoms with Crippen LogP contribution in [0.3, 0.4) is 0 Å². The van der Waals surface area contributed by atoms with Gasteiger partial charge in [-0.05, 0) is 45.8 Å². The quantitative estimate of drug-likeness (QED) is 0.623. The van der Waals surface area contributed by atoms with E-state index in [1.807, 2.05) is 20.8 Å². The largest absolute Gasteiger partial charge is 0.460 e. The van der Waals surface area contributed by atoms with Crippen molar-refractivity contribution < 1.29 is 9.53 Å². The Morgan fingerprint density at radius 1 is 1.21 bits per heavy atom. The molecular formula is C14H30N2O2S. The topological polar surface area (TPSA) is 55.6 Å². The van der Waals surface area contributed by atoms with Crippen molar-refractivity contribution in [2.45, 2.75) is 66.4 Å². The van der Waals surface area contributed by atoms with Crippen LogP contribution >= 0.6 is 12.2 Å². The highest BCUT2D eigenvalue weighted by molar-refractivity contribution is 7.80. The summed E-state index contributed by atoms with van der Waals surface area (Å²) in [6.07, 6.45) is 3.49. The van der Waals surface area contributed by atoms with Crippen molar-refractivity contribution in [1.82, 2.24) is 4.90 Å². The van der Waals surface area contributed by atoms with E-state index in [2.05, 4.69) is 18.7 Å². The second-order valence-electron chi connectivity index (χ2n) is 5.38. The number of hydrogen-bond donors (Lipinski definition) is 1. The third-order valence-corrected chi connectivity index (χ3v) is 2.29. The van der Waals surface area contributed by atoms with Crippen LogP contribution in [0.5, 0.6) is 0 Å². The standard InChI is InChI=1S/C8H18N2S.C6H12O2/c1-3-5-7-10(6-4-2)8(9)11;1-5(7)8-6(2,3)4/h3-7H2,1-2H3,(H2,9,11);1-4H3. The molecule has 0 rings (SSSR count). The number of carbonyl (C=O) groups excluding carboxylic acids is 1. The Bertz CT molecular complexity index is 263. The number of carbonyl (C=O) groups is 1. The van der Waals surface area contributed by atoms with Crippen LogP contribution in [0.1, 0.15) is 60.8 Å². The summed E-state index contributed by atoms with van der Waals surface area (Å²) in [4.78, 5) is 12.3. The summed E-state index contributed by atoms with van der Waals surface area (Å²) in [5, 5.41) is 0.542. The van der Waals surface area contributed by atoms with Gasteiger partial charge in [-0.15, -0.1) is 0 Å². The van der Waals surface area contributed by atoms with Crippen LogP contribution in [-0.4, -0.2) is 34.7 Å². The first kappa shape index (κ1) is 20.5. The lowest BCUT2D eigenvalue weighted by Crippen LogP contribution is -2.36. The predicted octanol–water partition coefficient (Wildman–Crippen LogP) is 3.09. The molecule has 0 saturated heterocycles. The second kappa shape index (κ2) is 11.0. The molecule has 0 aliphatic carbocycles. The molecule has 2 N–H and O–H groups in total. The molecule has 19 heavy (non-hydrogen) atoms. The number of rotatable bonds is 5. The van der Waals surface area contributed by atoms with Gasteiger partial charge in [-0.2, -0.15) is 0 Å². The van der Waals surface area contributed by atoms with Gasteiger partial charge in [0.25, 0.3) is 0 Å². The molecular weight excluding hydrogens is 260 g/mol. The smallest absolute Gasteiger partial charge is 0.303 e. The van der Waals surface area contributed by atoms with Crippen molar-refractivity contribution >= 4 is 23.3 Å². The molecule has 0 aromatic carbocycles. The number of hydrogen-bond acceptors (Lipinski definition) is 3. The molecule has 114 valence electrons. The van der Waals surface area contributed by atoms with Crippen molar-refractivity contribution in [2.75, 3.05) is 13.1 Å². The van der Waals surface area contributed by atoms with E-state index < -0.39 is 0 Å². The number of nitrogens with zero attached hydrogens (tertiary/aromatic N) is 1. The summed E-state index contributed by atoms with van der Waals surface area (Å²) < 4.78 is 4.80. The van der Waals surface area contributed by atoms with Crippen molar-refractivity contribution in [1.29, 1.82) is 0 Å². The molecule has 0 heterocycles. The Balaban J connectivity index is 0. The van der Waals surface area contributed by atoms with Gasteiger partial charge in [0.2, 0.25) is 0 Å². The molecule has 4 nitrogen and oxygen atoms in total. The molecule has 0 fully saturated rings. The van der Waals surface area contributed by atoms with Crippen LogP contribution < -0.4 is 5.73 Å². The molecule has 0 aromatic rings. The van der Waals surface area contributed by atoms with Gasteiger partial charge in [0.05, 0.1) is 0 Å². The van der Waals surface area contributed by atoms with E-state index in [-0.39, 0.29) is 11.6 Å². The van der Waals surface area contributed by atoms with Crippen LogP contribution in [0.4, 0.5) is 0 Å². The van der Waals surface area contributed by atoms with Crippen LogP contribution in [-0.2, 0) is 9.53 Å². The van der Waals surface area contributed by atoms with Crippen molar-refractivity contribution in [3.05, 3.63) is 0 Å². The van der Waals surface area contributed by atoms with E-state index >= 15 is 0 Å². The summed E-state index contributed by atoms with van der Waals surface area (Å²) >= 11 is 4.90. The lowest BCUT2D eigenvalue weighted by Gasteiger charge is -2.21. The van der Waals surface area contributed by atoms with Gasteiger partial charge < -0.3 is 15.4 Å². The fraction of sp³-hybridized carbons (Fsp3) is 0.857. The number of nitrogens with two attached hydrogens (primary N) is 1. The highest BCUT2D eigenvalue weighted by atomic mass is 32.1. The fourth-order valence-electron chi connectivity index (χ4n) is 1.38. The number of esters is 1. The number of ether oxygens (including phenoxy) is 1. The predicted molar refractivity (Wildman–Crippen MR) is 85.1 cm³/mol. The highest BCUT2D eigenvalue weighted by Gasteiger charge is 2.11. The SMILES string of the molecule is CC(=O)OC(C)(C)C.CCCCN(CCC)C(N)=S. The van der Waals surface area contributed by atoms with Gasteiger partial charge in [0.15, 0.2) is 5.11 Å². The normalized spacial score (nSPS) is 10.2. The minimum Gasteiger partial charge on any atom is -0.460 e. The molecule has 0 atom stereocenters. The Morgan fingerprint density at radius 3 is 1.95 bits per heavy atom. The Labute approximate surface area is 123 Å². The second-order valence-corrected chi connectivity index (χ2v) is 5.80. The van der Waals surface area contributed by atoms with Crippen molar-refractivity contribution in [3.8, 4) is 0 Å². The van der Waals surface area contributed by atoms with Crippen LogP contribution in [0.25, 0.3) is 0 Å². The number of thiocarbonyl (C=S) groups is 1. The maximum Gasteiger partial charge on any atom is 0.303 e. The maximum absolute atomic E-state index is 10.2. The molecule has 0 unspecified atom stereocenters. The van der Waals surface area contributed by atoms with Gasteiger partial charge in [-0.1, -0.05) is 20.3 Å². The van der Waals surface area contributed by atoms with Crippen molar-refractivity contribution in [3.63, 3.8) is 0 Å². The van der Waals surface area contributed by atoms with E-state index in [1.165, 1.54) is 19.8 Å². The minimum atomic E-state index is -0.328. The zero-order chi connectivity index (χ0) is 15.5. The Kier molecular flexibility index (Phi) is 11.9. The monoisotopic (exact) mass is 290 g/mol. The summed E-state index contributed by atoms with van der Waals surface area (Å²) in [5.41, 5.74) is 5.19. The highest BCUT2D eigenvalue weighted by Crippen LogP contribution is 2.05. The van der Waals surface area contributed by atoms with Crippen LogP contribution in [0.2, 0.25) is 0 Å². The summed E-state index contributed by atoms with van der Waals surface area (Å²) in [6.45, 7) is 13.2. The van der Waals surface area contributed by atoms with E-state index in [9.17, 15) is 4.79 Å². The third-order valence-electron chi connectivity index (χ3n) is 2.04. The van der Waals surface area contributed by atoms with Crippen LogP contribution in [0, 0.1) is 0 Å². The first-order chi connectivity index (χ1) is 8.64. The molecule has 0 amide bonds. The zero-order valence-corrected chi connectivity index (χ0v) is 14.1. The van der Waals surface area contributed by atoms with E-state index in [4.69, 9.17) is 22.7 Å². The molecule has 5 heteroatoms. The van der Waals surface area contributed by atoms with Gasteiger partial charge >= 0.3 is 5.97 Å². The Morgan fingerprint density at radius 2 is 1.74 bits per heavy atom. The molecule has 0 aliphatic rings. The van der Waals surface area contributed by atoms with Crippen LogP contribution in [0.15, 0.2) is 0 Å². The van der Waals surface area contributed by atoms with Gasteiger partial charge in [0.1, 0.15) is 5.60 Å². The summed E-state index contributed by atoms with van der Waals surface area (Å²) in [6, 6.07) is 0. The van der Waals surface area contributed by atoms with Gasteiger partial charge in [0, 0.05) is 20.0 Å². The molecule has 0 spiro atoms. The third kappa shape index (κ3) is 17.2. The molecule has 0 bridgehead atoms. The lowest BCUT2D eigenvalue weighted by atomic mass is 10.2. The first-order valence-corrected chi connectivity index (χ1v) is 7.28. The molecule has 0 aromatic heterocycles. The van der Waals surface area contributed by atoms with Gasteiger partial charge in [-0.25, -0.2) is 0 Å². The molecule has 0 saturated carbocycles. The number of unbranched alkanes of at least 4 members (excludes halogenated alkanes) is 1. The lowest BCUT2D eigenvalue weighted by molar-refractivity contribution is -0.151. The summed E-state index contributed by atoms with van der Waals surface area (Å²) in [7, 11) is 0. The van der Waals surface area contributed by atoms with Gasteiger partial charge in [-0.3, -0.25) is 4.79 Å². The summed E-state index contributed by atoms with van der Waals surface area (Å²) in [5.74, 6) is -0.225. The minimum absolute atomic E-state index is 0.225. The average Bonchev–Trinajstić information content (AvgIpc) is 2.21. The molecule has 0 aliphatic heterocycles. The molecule has 0 radical (unpaired) electrons. The van der Waals surface area contributed by atoms with Crippen molar-refractivity contribution in [2.24, 2.45) is 5.73 Å². The fourth-order valence-corrected chi connectivity index (χ4v) is 1.56. The van der Waals surface area contributed by atoms with E-state index in [1.54, 1.807) is 0 Å². The van der Waals surface area contributed by atoms with E-state index in [0.29, 0.717) is 5.11 Å². The maximum atomic E-state index is 10.2. The first-order valence-electron chi connectivity index (χ1n) is 6.88.